The van der Waals surface area contributed by atoms with Gasteiger partial charge in [-0.2, -0.15) is 13.2 Å². The molecule has 0 aliphatic rings. The molecule has 1 aromatic heterocycles. The Morgan fingerprint density at radius 1 is 1.00 bits per heavy atom. The molecule has 0 aliphatic carbocycles. The highest BCUT2D eigenvalue weighted by molar-refractivity contribution is 5.60. The molecule has 0 saturated heterocycles. The fourth-order valence-electron chi connectivity index (χ4n) is 1.56. The Bertz CT molecular complexity index is 683. The van der Waals surface area contributed by atoms with E-state index in [4.69, 9.17) is 5.73 Å². The van der Waals surface area contributed by atoms with Crippen LogP contribution < -0.4 is 11.1 Å². The van der Waals surface area contributed by atoms with E-state index in [0.717, 1.165) is 0 Å². The SMILES string of the molecule is Nc1cc(C(F)(F)F)cc(Nc2cc(F)cc(F)c2F)n1. The summed E-state index contributed by atoms with van der Waals surface area (Å²) in [6.45, 7) is 0. The zero-order valence-electron chi connectivity index (χ0n) is 10.1. The van der Waals surface area contributed by atoms with Crippen molar-refractivity contribution >= 4 is 17.3 Å². The van der Waals surface area contributed by atoms with Crippen LogP contribution in [0.2, 0.25) is 0 Å². The van der Waals surface area contributed by atoms with E-state index in [1.807, 2.05) is 0 Å². The van der Waals surface area contributed by atoms with Crippen LogP contribution in [0.5, 0.6) is 0 Å². The van der Waals surface area contributed by atoms with Crippen molar-refractivity contribution in [2.24, 2.45) is 0 Å². The monoisotopic (exact) mass is 307 g/mol. The van der Waals surface area contributed by atoms with Gasteiger partial charge in [-0.3, -0.25) is 0 Å². The largest absolute Gasteiger partial charge is 0.416 e. The average Bonchev–Trinajstić information content (AvgIpc) is 2.33. The fraction of sp³-hybridized carbons (Fsp3) is 0.0833. The first-order valence-corrected chi connectivity index (χ1v) is 5.43. The predicted molar refractivity (Wildman–Crippen MR) is 63.3 cm³/mol. The lowest BCUT2D eigenvalue weighted by Crippen LogP contribution is -2.09. The van der Waals surface area contributed by atoms with E-state index >= 15 is 0 Å². The van der Waals surface area contributed by atoms with Gasteiger partial charge in [0, 0.05) is 12.1 Å². The Balaban J connectivity index is 2.43. The van der Waals surface area contributed by atoms with Gasteiger partial charge in [0.15, 0.2) is 11.6 Å². The molecule has 112 valence electrons. The van der Waals surface area contributed by atoms with Gasteiger partial charge in [0.25, 0.3) is 0 Å². The number of benzene rings is 1. The summed E-state index contributed by atoms with van der Waals surface area (Å²) in [5.41, 5.74) is 3.39. The number of pyridine rings is 1. The van der Waals surface area contributed by atoms with Gasteiger partial charge < -0.3 is 11.1 Å². The lowest BCUT2D eigenvalue weighted by Gasteiger charge is -2.12. The minimum absolute atomic E-state index is 0.300. The quantitative estimate of drug-likeness (QED) is 0.654. The molecule has 3 N–H and O–H groups in total. The first-order valence-electron chi connectivity index (χ1n) is 5.43. The summed E-state index contributed by atoms with van der Waals surface area (Å²) in [6.07, 6.45) is -4.70. The first-order chi connectivity index (χ1) is 9.66. The summed E-state index contributed by atoms with van der Waals surface area (Å²) < 4.78 is 77.2. The molecule has 1 aromatic carbocycles. The summed E-state index contributed by atoms with van der Waals surface area (Å²) in [6, 6.07) is 2.00. The molecule has 0 fully saturated rings. The van der Waals surface area contributed by atoms with Gasteiger partial charge in [-0.25, -0.2) is 18.2 Å². The summed E-state index contributed by atoms with van der Waals surface area (Å²) in [7, 11) is 0. The van der Waals surface area contributed by atoms with Crippen LogP contribution in [0.3, 0.4) is 0 Å². The van der Waals surface area contributed by atoms with E-state index < -0.39 is 46.5 Å². The molecular weight excluding hydrogens is 300 g/mol. The number of nitrogens with two attached hydrogens (primary N) is 1. The minimum atomic E-state index is -4.70. The molecule has 0 saturated carbocycles. The van der Waals surface area contributed by atoms with Crippen LogP contribution >= 0.6 is 0 Å². The van der Waals surface area contributed by atoms with Crippen molar-refractivity contribution < 1.29 is 26.3 Å². The third kappa shape index (κ3) is 3.36. The first kappa shape index (κ1) is 14.9. The van der Waals surface area contributed by atoms with Crippen LogP contribution in [-0.4, -0.2) is 4.98 Å². The lowest BCUT2D eigenvalue weighted by atomic mass is 10.2. The van der Waals surface area contributed by atoms with Crippen LogP contribution in [0.25, 0.3) is 0 Å². The van der Waals surface area contributed by atoms with Crippen LogP contribution in [-0.2, 0) is 6.18 Å². The molecule has 0 unspecified atom stereocenters. The van der Waals surface area contributed by atoms with Gasteiger partial charge in [0.2, 0.25) is 0 Å². The summed E-state index contributed by atoms with van der Waals surface area (Å²) in [5, 5.41) is 2.06. The maximum absolute atomic E-state index is 13.4. The van der Waals surface area contributed by atoms with Crippen molar-refractivity contribution in [2.75, 3.05) is 11.1 Å². The molecule has 1 heterocycles. The molecular formula is C12H7F6N3. The molecule has 2 aromatic rings. The van der Waals surface area contributed by atoms with E-state index in [1.54, 1.807) is 0 Å². The smallest absolute Gasteiger partial charge is 0.384 e. The number of anilines is 3. The standard InChI is InChI=1S/C12H7F6N3/c13-6-3-7(14)11(15)8(4-6)20-10-2-5(12(16,17)18)1-9(19)21-10/h1-4H,(H3,19,20,21). The summed E-state index contributed by atoms with van der Waals surface area (Å²) in [4.78, 5) is 3.50. The van der Waals surface area contributed by atoms with E-state index in [2.05, 4.69) is 10.3 Å². The van der Waals surface area contributed by atoms with Gasteiger partial charge in [0.05, 0.1) is 11.3 Å². The molecule has 0 amide bonds. The topological polar surface area (TPSA) is 50.9 Å². The highest BCUT2D eigenvalue weighted by Crippen LogP contribution is 2.32. The number of aromatic nitrogens is 1. The van der Waals surface area contributed by atoms with Crippen LogP contribution in [0.1, 0.15) is 5.56 Å². The van der Waals surface area contributed by atoms with Gasteiger partial charge in [-0.15, -0.1) is 0 Å². The maximum Gasteiger partial charge on any atom is 0.416 e. The number of nitrogens with one attached hydrogen (secondary N) is 1. The van der Waals surface area contributed by atoms with Crippen molar-refractivity contribution in [3.05, 3.63) is 47.3 Å². The Hall–Kier alpha value is -2.45. The average molecular weight is 307 g/mol. The highest BCUT2D eigenvalue weighted by atomic mass is 19.4. The zero-order valence-corrected chi connectivity index (χ0v) is 10.1. The van der Waals surface area contributed by atoms with Crippen LogP contribution in [0.15, 0.2) is 24.3 Å². The van der Waals surface area contributed by atoms with Crippen molar-refractivity contribution in [2.45, 2.75) is 6.18 Å². The summed E-state index contributed by atoms with van der Waals surface area (Å²) in [5.74, 6) is -5.01. The summed E-state index contributed by atoms with van der Waals surface area (Å²) >= 11 is 0. The van der Waals surface area contributed by atoms with Gasteiger partial charge in [-0.1, -0.05) is 0 Å². The molecule has 0 radical (unpaired) electrons. The number of hydrogen-bond acceptors (Lipinski definition) is 3. The molecule has 0 bridgehead atoms. The molecule has 0 spiro atoms. The maximum atomic E-state index is 13.4. The molecule has 21 heavy (non-hydrogen) atoms. The van der Waals surface area contributed by atoms with Gasteiger partial charge >= 0.3 is 6.18 Å². The third-order valence-electron chi connectivity index (χ3n) is 2.43. The number of alkyl halides is 3. The Morgan fingerprint density at radius 3 is 2.29 bits per heavy atom. The number of hydrogen-bond donors (Lipinski definition) is 2. The van der Waals surface area contributed by atoms with Gasteiger partial charge in [-0.05, 0) is 12.1 Å². The number of halogens is 6. The van der Waals surface area contributed by atoms with Crippen molar-refractivity contribution in [3.63, 3.8) is 0 Å². The van der Waals surface area contributed by atoms with Crippen molar-refractivity contribution in [1.29, 1.82) is 0 Å². The molecule has 9 heteroatoms. The molecule has 0 atom stereocenters. The fourth-order valence-corrected chi connectivity index (χ4v) is 1.56. The second kappa shape index (κ2) is 5.15. The Morgan fingerprint density at radius 2 is 1.67 bits per heavy atom. The zero-order chi connectivity index (χ0) is 15.8. The second-order valence-corrected chi connectivity index (χ2v) is 4.04. The molecule has 2 rings (SSSR count). The molecule has 0 aliphatic heterocycles. The predicted octanol–water partition coefficient (Wildman–Crippen LogP) is 3.84. The van der Waals surface area contributed by atoms with Crippen molar-refractivity contribution in [1.82, 2.24) is 4.98 Å². The third-order valence-corrected chi connectivity index (χ3v) is 2.43. The number of nitrogen functional groups attached to an aromatic ring is 1. The lowest BCUT2D eigenvalue weighted by molar-refractivity contribution is -0.137. The van der Waals surface area contributed by atoms with E-state index in [9.17, 15) is 26.3 Å². The highest BCUT2D eigenvalue weighted by Gasteiger charge is 2.31. The minimum Gasteiger partial charge on any atom is -0.384 e. The molecule has 3 nitrogen and oxygen atoms in total. The van der Waals surface area contributed by atoms with E-state index in [0.29, 0.717) is 24.3 Å². The second-order valence-electron chi connectivity index (χ2n) is 4.04. The van der Waals surface area contributed by atoms with Crippen LogP contribution in [0, 0.1) is 17.5 Å². The Labute approximate surface area is 114 Å². The van der Waals surface area contributed by atoms with Gasteiger partial charge in [0.1, 0.15) is 17.5 Å². The van der Waals surface area contributed by atoms with E-state index in [1.165, 1.54) is 0 Å². The number of nitrogens with zero attached hydrogens (tertiary/aromatic N) is 1. The Kier molecular flexibility index (Phi) is 3.67. The van der Waals surface area contributed by atoms with E-state index in [-0.39, 0.29) is 0 Å². The number of rotatable bonds is 2. The normalized spacial score (nSPS) is 11.5. The van der Waals surface area contributed by atoms with Crippen LogP contribution in [0.4, 0.5) is 43.7 Å². The van der Waals surface area contributed by atoms with Crippen molar-refractivity contribution in [3.8, 4) is 0 Å².